The van der Waals surface area contributed by atoms with Gasteiger partial charge in [0.2, 0.25) is 5.13 Å². The van der Waals surface area contributed by atoms with Crippen molar-refractivity contribution in [3.05, 3.63) is 87.8 Å². The number of anilines is 1. The van der Waals surface area contributed by atoms with Crippen LogP contribution in [-0.2, 0) is 12.3 Å². The number of rotatable bonds is 8. The predicted octanol–water partition coefficient (Wildman–Crippen LogP) is 4.32. The van der Waals surface area contributed by atoms with Crippen LogP contribution in [0.4, 0.5) is 5.13 Å². The van der Waals surface area contributed by atoms with Crippen molar-refractivity contribution in [3.63, 3.8) is 0 Å². The van der Waals surface area contributed by atoms with Crippen molar-refractivity contribution in [1.29, 1.82) is 5.41 Å². The molecule has 0 atom stereocenters. The lowest BCUT2D eigenvalue weighted by molar-refractivity contribution is 0.102. The highest BCUT2D eigenvalue weighted by Gasteiger charge is 2.19. The van der Waals surface area contributed by atoms with E-state index in [2.05, 4.69) is 20.5 Å². The first-order chi connectivity index (χ1) is 17.5. The summed E-state index contributed by atoms with van der Waals surface area (Å²) in [6.07, 6.45) is 3.32. The molecule has 11 heteroatoms. The SMILES string of the molecule is CCCCn1c(=N)c(C(=O)Nc2nnc(SCc3ccccc3)s2)cc2c(=O)n3ccccc3nc21. The lowest BCUT2D eigenvalue weighted by Gasteiger charge is -2.14. The van der Waals surface area contributed by atoms with Crippen molar-refractivity contribution in [1.82, 2.24) is 24.1 Å². The zero-order valence-electron chi connectivity index (χ0n) is 19.5. The molecule has 182 valence electrons. The van der Waals surface area contributed by atoms with E-state index >= 15 is 0 Å². The summed E-state index contributed by atoms with van der Waals surface area (Å²) in [7, 11) is 0. The van der Waals surface area contributed by atoms with E-state index in [-0.39, 0.29) is 22.0 Å². The number of pyridine rings is 2. The number of unbranched alkanes of at least 4 members (excludes halogenated alkanes) is 1. The average Bonchev–Trinajstić information content (AvgIpc) is 3.35. The highest BCUT2D eigenvalue weighted by Crippen LogP contribution is 2.28. The number of hydrogen-bond donors (Lipinski definition) is 2. The molecule has 2 N–H and O–H groups in total. The van der Waals surface area contributed by atoms with Gasteiger partial charge in [-0.2, -0.15) is 0 Å². The van der Waals surface area contributed by atoms with E-state index in [0.717, 1.165) is 22.9 Å². The second kappa shape index (κ2) is 10.4. The zero-order valence-corrected chi connectivity index (χ0v) is 21.1. The average molecular weight is 518 g/mol. The monoisotopic (exact) mass is 517 g/mol. The Labute approximate surface area is 214 Å². The molecule has 0 aliphatic carbocycles. The van der Waals surface area contributed by atoms with Gasteiger partial charge in [-0.3, -0.25) is 24.7 Å². The van der Waals surface area contributed by atoms with Crippen LogP contribution in [0.1, 0.15) is 35.7 Å². The van der Waals surface area contributed by atoms with Crippen molar-refractivity contribution in [3.8, 4) is 0 Å². The molecule has 0 bridgehead atoms. The van der Waals surface area contributed by atoms with Gasteiger partial charge in [0, 0.05) is 18.5 Å². The van der Waals surface area contributed by atoms with Gasteiger partial charge in [-0.25, -0.2) is 4.98 Å². The van der Waals surface area contributed by atoms with Gasteiger partial charge in [-0.1, -0.05) is 72.8 Å². The van der Waals surface area contributed by atoms with Crippen LogP contribution >= 0.6 is 23.1 Å². The smallest absolute Gasteiger partial charge is 0.267 e. The summed E-state index contributed by atoms with van der Waals surface area (Å²) in [5, 5.41) is 20.4. The number of carbonyl (C=O) groups excluding carboxylic acids is 1. The van der Waals surface area contributed by atoms with E-state index in [4.69, 9.17) is 5.41 Å². The Bertz CT molecular complexity index is 1680. The van der Waals surface area contributed by atoms with Crippen molar-refractivity contribution >= 4 is 50.8 Å². The molecule has 0 saturated heterocycles. The van der Waals surface area contributed by atoms with Crippen LogP contribution in [0.15, 0.2) is 69.9 Å². The fourth-order valence-electron chi connectivity index (χ4n) is 3.80. The molecule has 5 rings (SSSR count). The lowest BCUT2D eigenvalue weighted by Crippen LogP contribution is -2.32. The number of thioether (sulfide) groups is 1. The van der Waals surface area contributed by atoms with Gasteiger partial charge in [-0.05, 0) is 30.2 Å². The van der Waals surface area contributed by atoms with Crippen LogP contribution in [0.2, 0.25) is 0 Å². The minimum Gasteiger partial charge on any atom is -0.310 e. The van der Waals surface area contributed by atoms with Crippen LogP contribution in [0.25, 0.3) is 16.7 Å². The van der Waals surface area contributed by atoms with Crippen LogP contribution < -0.4 is 16.4 Å². The minimum absolute atomic E-state index is 0.00354. The Balaban J connectivity index is 1.47. The normalized spacial score (nSPS) is 11.2. The van der Waals surface area contributed by atoms with E-state index < -0.39 is 5.91 Å². The molecule has 0 aliphatic rings. The van der Waals surface area contributed by atoms with Gasteiger partial charge in [-0.15, -0.1) is 10.2 Å². The Morgan fingerprint density at radius 2 is 1.94 bits per heavy atom. The Kier molecular flexibility index (Phi) is 6.92. The lowest BCUT2D eigenvalue weighted by atomic mass is 10.2. The molecule has 0 fully saturated rings. The number of amides is 1. The number of nitrogens with zero attached hydrogens (tertiary/aromatic N) is 5. The summed E-state index contributed by atoms with van der Waals surface area (Å²) in [5.41, 5.74) is 1.86. The van der Waals surface area contributed by atoms with Crippen LogP contribution in [-0.4, -0.2) is 30.1 Å². The fraction of sp³-hybridized carbons (Fsp3) is 0.200. The number of benzene rings is 1. The molecule has 4 heterocycles. The maximum atomic E-state index is 13.2. The van der Waals surface area contributed by atoms with Gasteiger partial charge < -0.3 is 4.57 Å². The van der Waals surface area contributed by atoms with Gasteiger partial charge in [0.25, 0.3) is 11.5 Å². The summed E-state index contributed by atoms with van der Waals surface area (Å²) in [6, 6.07) is 16.8. The molecule has 4 aromatic heterocycles. The number of nitrogens with one attached hydrogen (secondary N) is 2. The molecule has 0 unspecified atom stereocenters. The summed E-state index contributed by atoms with van der Waals surface area (Å²) in [5.74, 6) is 0.230. The summed E-state index contributed by atoms with van der Waals surface area (Å²) >= 11 is 2.81. The van der Waals surface area contributed by atoms with Crippen LogP contribution in [0, 0.1) is 5.41 Å². The number of hydrogen-bond acceptors (Lipinski definition) is 8. The topological polar surface area (TPSA) is 118 Å². The van der Waals surface area contributed by atoms with Crippen molar-refractivity contribution in [2.45, 2.75) is 36.4 Å². The summed E-state index contributed by atoms with van der Waals surface area (Å²) in [4.78, 5) is 31.1. The largest absolute Gasteiger partial charge is 0.310 e. The van der Waals surface area contributed by atoms with Crippen LogP contribution in [0.3, 0.4) is 0 Å². The van der Waals surface area contributed by atoms with Crippen molar-refractivity contribution in [2.24, 2.45) is 0 Å². The molecular formula is C25H23N7O2S2. The molecule has 9 nitrogen and oxygen atoms in total. The van der Waals surface area contributed by atoms with E-state index in [9.17, 15) is 9.59 Å². The minimum atomic E-state index is -0.513. The third-order valence-electron chi connectivity index (χ3n) is 5.63. The third kappa shape index (κ3) is 4.79. The maximum Gasteiger partial charge on any atom is 0.267 e. The first kappa shape index (κ1) is 23.9. The van der Waals surface area contributed by atoms with Crippen molar-refractivity contribution < 1.29 is 4.79 Å². The second-order valence-corrected chi connectivity index (χ2v) is 10.3. The molecule has 0 radical (unpaired) electrons. The molecule has 0 saturated carbocycles. The van der Waals surface area contributed by atoms with Crippen LogP contribution in [0.5, 0.6) is 0 Å². The second-order valence-electron chi connectivity index (χ2n) is 8.10. The highest BCUT2D eigenvalue weighted by atomic mass is 32.2. The number of fused-ring (bicyclic) bond motifs is 2. The van der Waals surface area contributed by atoms with Gasteiger partial charge in [0.15, 0.2) is 4.34 Å². The molecular weight excluding hydrogens is 494 g/mol. The standard InChI is InChI=1S/C25H23N7O2S2/c1-2-3-12-32-20(26)17(14-18-21(32)27-19-11-7-8-13-31(19)23(18)34)22(33)28-24-29-30-25(36-24)35-15-16-9-5-4-6-10-16/h4-11,13-14,26H,2-3,12,15H2,1H3,(H,28,29,33). The van der Waals surface area contributed by atoms with Gasteiger partial charge in [0.05, 0.1) is 10.9 Å². The van der Waals surface area contributed by atoms with E-state index in [1.165, 1.54) is 39.1 Å². The maximum absolute atomic E-state index is 13.2. The first-order valence-electron chi connectivity index (χ1n) is 11.5. The predicted molar refractivity (Wildman–Crippen MR) is 142 cm³/mol. The van der Waals surface area contributed by atoms with Gasteiger partial charge in [0.1, 0.15) is 16.8 Å². The molecule has 1 amide bonds. The number of aryl methyl sites for hydroxylation is 1. The highest BCUT2D eigenvalue weighted by molar-refractivity contribution is 8.00. The Hall–Kier alpha value is -3.83. The number of carbonyl (C=O) groups is 1. The first-order valence-corrected chi connectivity index (χ1v) is 13.3. The zero-order chi connectivity index (χ0) is 25.1. The van der Waals surface area contributed by atoms with E-state index in [0.29, 0.717) is 23.0 Å². The molecule has 0 aliphatic heterocycles. The third-order valence-corrected chi connectivity index (χ3v) is 7.67. The van der Waals surface area contributed by atoms with Crippen molar-refractivity contribution in [2.75, 3.05) is 5.32 Å². The Morgan fingerprint density at radius 1 is 1.14 bits per heavy atom. The summed E-state index contributed by atoms with van der Waals surface area (Å²) < 4.78 is 3.81. The molecule has 1 aromatic carbocycles. The molecule has 5 aromatic rings. The fourth-order valence-corrected chi connectivity index (χ4v) is 5.50. The number of aromatic nitrogens is 5. The molecule has 0 spiro atoms. The summed E-state index contributed by atoms with van der Waals surface area (Å²) in [6.45, 7) is 2.52. The van der Waals surface area contributed by atoms with E-state index in [1.54, 1.807) is 22.9 Å². The molecule has 36 heavy (non-hydrogen) atoms. The quantitative estimate of drug-likeness (QED) is 0.180. The Morgan fingerprint density at radius 3 is 2.75 bits per heavy atom. The van der Waals surface area contributed by atoms with E-state index in [1.807, 2.05) is 43.3 Å². The van der Waals surface area contributed by atoms with Gasteiger partial charge >= 0.3 is 0 Å².